The summed E-state index contributed by atoms with van der Waals surface area (Å²) in [4.78, 5) is 42.6. The number of hydrogen-bond acceptors (Lipinski definition) is 9. The lowest BCUT2D eigenvalue weighted by Gasteiger charge is -2.23. The number of nitrogens with zero attached hydrogens (tertiary/aromatic N) is 7. The molecule has 17 heteroatoms. The minimum absolute atomic E-state index is 0.00769. The van der Waals surface area contributed by atoms with Crippen molar-refractivity contribution in [3.8, 4) is 5.75 Å². The van der Waals surface area contributed by atoms with E-state index < -0.39 is 18.2 Å². The van der Waals surface area contributed by atoms with Crippen LogP contribution in [0.4, 0.5) is 26.3 Å². The van der Waals surface area contributed by atoms with E-state index in [-0.39, 0.29) is 65.6 Å². The maximum absolute atomic E-state index is 13.7. The molecule has 0 saturated heterocycles. The van der Waals surface area contributed by atoms with Crippen molar-refractivity contribution in [1.82, 2.24) is 39.9 Å². The number of hydrogen-bond donors (Lipinski definition) is 1. The van der Waals surface area contributed by atoms with E-state index in [4.69, 9.17) is 16.3 Å². The van der Waals surface area contributed by atoms with E-state index in [0.29, 0.717) is 21.7 Å². The molecule has 0 amide bonds. The van der Waals surface area contributed by atoms with Crippen LogP contribution >= 0.6 is 11.6 Å². The fourth-order valence-corrected chi connectivity index (χ4v) is 15.9. The summed E-state index contributed by atoms with van der Waals surface area (Å²) in [6, 6.07) is 50.1. The number of aromatic amines is 1. The first-order valence-corrected chi connectivity index (χ1v) is 42.9. The monoisotopic (exact) mass is 1720 g/mol. The van der Waals surface area contributed by atoms with Crippen LogP contribution in [0.2, 0.25) is 5.02 Å². The number of methoxy groups -OCH3 is 1. The molecule has 8 aromatic heterocycles. The fourth-order valence-electron chi connectivity index (χ4n) is 15.7. The van der Waals surface area contributed by atoms with Crippen molar-refractivity contribution >= 4 is 97.8 Å². The Labute approximate surface area is 745 Å². The van der Waals surface area contributed by atoms with Gasteiger partial charge in [0.1, 0.15) is 11.6 Å². The molecule has 0 bridgehead atoms. The number of H-pyrrole nitrogens is 1. The van der Waals surface area contributed by atoms with E-state index in [1.54, 1.807) is 56.3 Å². The first-order valence-electron chi connectivity index (χ1n) is 42.5. The number of ether oxygens (including phenoxy) is 1. The lowest BCUT2D eigenvalue weighted by Crippen LogP contribution is -2.15. The van der Waals surface area contributed by atoms with Crippen molar-refractivity contribution in [1.29, 1.82) is 0 Å². The Kier molecular flexibility index (Phi) is 30.9. The largest absolute Gasteiger partial charge is 0.494 e. The number of aromatic nitrogens is 8. The van der Waals surface area contributed by atoms with Crippen LogP contribution in [0.15, 0.2) is 249 Å². The Bertz CT molecular complexity index is 6240. The SMILES string of the molecule is CC(C)(C)c1cccc2cncc(C(F)(F)F)c12.CC(C)(C)c1cccc2cncc(C(F)F)c12.CC(C)(C)c1cccc2cncc(Cl)c12.CC(C)(C)c1cccc2cncc(F)c12.CC(C)(C)c1cccc2cnccc12.COc1cncc2cccc(C(C)(C)C)c12.Cc1c[nH]c(=O)c2cccc(C(C)(C)C)c12.Cc1cncc2cccc(C(C)(C)C)c12. The van der Waals surface area contributed by atoms with Crippen molar-refractivity contribution in [2.75, 3.05) is 7.11 Å². The standard InChI is InChI=1S/C14H14F3N.C14H15F2N.2C14H17NO.C14H17N.C13H14ClN.C13H14FN.C13H15N/c1-13(2,3)10-6-4-5-9-7-18-8-11(12(9)10)14(15,16)17;1-14(2,3)11-6-4-5-9-7-17-8-10(12(9)11)13(15)16;1-14(2,3)11-7-5-6-10-8-15-9-12(16-4)13(10)11;1-9-8-15-13(16)10-6-5-7-11(12(9)10)14(2,3)4;1-10-8-15-9-11-6-5-7-12(13(10)11)14(2,3)4;2*1-13(2,3)10-6-4-5-9-7-15-8-11(14)12(9)10;1-13(2,3)12-6-4-5-10-9-14-8-7-11(10)12/h4-8H,1-3H3;4-8,13H,1-3H3;5-9H,1-4H3;5-8H,1-4H3,(H,15,16);5-9H,1-4H3;2*4-8H,1-3H3;4-9H,1-3H3. The van der Waals surface area contributed by atoms with Gasteiger partial charge < -0.3 is 9.72 Å². The number of benzene rings is 8. The van der Waals surface area contributed by atoms with Gasteiger partial charge in [-0.15, -0.1) is 0 Å². The van der Waals surface area contributed by atoms with E-state index in [0.717, 1.165) is 71.4 Å². The normalized spacial score (nSPS) is 12.2. The molecule has 10 nitrogen and oxygen atoms in total. The molecule has 0 unspecified atom stereocenters. The van der Waals surface area contributed by atoms with Gasteiger partial charge in [0, 0.05) is 151 Å². The van der Waals surface area contributed by atoms with Crippen LogP contribution in [0.25, 0.3) is 86.2 Å². The molecule has 16 aromatic rings. The van der Waals surface area contributed by atoms with Crippen LogP contribution in [-0.2, 0) is 49.5 Å². The van der Waals surface area contributed by atoms with Crippen molar-refractivity contribution in [3.63, 3.8) is 0 Å². The Hall–Kier alpha value is -11.5. The zero-order valence-corrected chi connectivity index (χ0v) is 79.0. The van der Waals surface area contributed by atoms with Crippen molar-refractivity contribution in [3.05, 3.63) is 333 Å². The maximum Gasteiger partial charge on any atom is 0.418 e. The predicted octanol–water partition coefficient (Wildman–Crippen LogP) is 30.9. The maximum atomic E-state index is 13.7. The third kappa shape index (κ3) is 24.2. The zero-order chi connectivity index (χ0) is 93.2. The molecule has 16 rings (SSSR count). The average Bonchev–Trinajstić information content (AvgIpc) is 0.769. The van der Waals surface area contributed by atoms with Gasteiger partial charge in [-0.3, -0.25) is 39.7 Å². The summed E-state index contributed by atoms with van der Waals surface area (Å²) in [6.07, 6.45) is 18.1. The highest BCUT2D eigenvalue weighted by molar-refractivity contribution is 6.35. The van der Waals surface area contributed by atoms with Crippen molar-refractivity contribution < 1.29 is 31.1 Å². The van der Waals surface area contributed by atoms with Crippen LogP contribution in [0.1, 0.15) is 239 Å². The summed E-state index contributed by atoms with van der Waals surface area (Å²) < 4.78 is 84.3. The predicted molar refractivity (Wildman–Crippen MR) is 517 cm³/mol. The third-order valence-corrected chi connectivity index (χ3v) is 22.1. The number of rotatable bonds is 2. The van der Waals surface area contributed by atoms with Gasteiger partial charge in [0.05, 0.1) is 30.1 Å². The average molecular weight is 1730 g/mol. The van der Waals surface area contributed by atoms with Crippen LogP contribution in [0, 0.1) is 19.7 Å². The van der Waals surface area contributed by atoms with E-state index in [2.05, 4.69) is 250 Å². The van der Waals surface area contributed by atoms with Crippen LogP contribution in [0.5, 0.6) is 5.75 Å². The Morgan fingerprint density at radius 3 is 1.11 bits per heavy atom. The topological polar surface area (TPSA) is 132 Å². The second kappa shape index (κ2) is 39.6. The van der Waals surface area contributed by atoms with E-state index in [9.17, 15) is 31.1 Å². The molecule has 660 valence electrons. The summed E-state index contributed by atoms with van der Waals surface area (Å²) in [7, 11) is 1.69. The van der Waals surface area contributed by atoms with Gasteiger partial charge in [-0.1, -0.05) is 317 Å². The molecule has 0 aliphatic carbocycles. The minimum Gasteiger partial charge on any atom is -0.494 e. The van der Waals surface area contributed by atoms with Gasteiger partial charge in [0.2, 0.25) is 0 Å². The number of fused-ring (bicyclic) bond motifs is 8. The molecule has 8 heterocycles. The van der Waals surface area contributed by atoms with Gasteiger partial charge in [-0.05, 0) is 146 Å². The van der Waals surface area contributed by atoms with Gasteiger partial charge in [0.25, 0.3) is 12.0 Å². The van der Waals surface area contributed by atoms with E-state index in [1.165, 1.54) is 78.9 Å². The number of pyridine rings is 8. The first kappa shape index (κ1) is 98.3. The summed E-state index contributed by atoms with van der Waals surface area (Å²) >= 11 is 6.21. The van der Waals surface area contributed by atoms with Crippen LogP contribution in [-0.4, -0.2) is 47.0 Å². The second-order valence-corrected chi connectivity index (χ2v) is 40.5. The van der Waals surface area contributed by atoms with E-state index >= 15 is 0 Å². The van der Waals surface area contributed by atoms with E-state index in [1.807, 2.05) is 140 Å². The smallest absolute Gasteiger partial charge is 0.418 e. The number of alkyl halides is 5. The highest BCUT2D eigenvalue weighted by Crippen LogP contribution is 2.43. The quantitative estimate of drug-likeness (QED) is 0.168. The molecule has 0 fully saturated rings. The van der Waals surface area contributed by atoms with Gasteiger partial charge in [-0.2, -0.15) is 13.2 Å². The summed E-state index contributed by atoms with van der Waals surface area (Å²) in [5.74, 6) is 0.612. The van der Waals surface area contributed by atoms with Gasteiger partial charge >= 0.3 is 6.18 Å². The molecule has 0 radical (unpaired) electrons. The molecule has 0 atom stereocenters. The minimum atomic E-state index is -4.38. The van der Waals surface area contributed by atoms with Crippen molar-refractivity contribution in [2.45, 2.75) is 236 Å². The first-order chi connectivity index (χ1) is 58.7. The lowest BCUT2D eigenvalue weighted by molar-refractivity contribution is -0.136. The molecule has 8 aromatic carbocycles. The Morgan fingerprint density at radius 1 is 0.317 bits per heavy atom. The summed E-state index contributed by atoms with van der Waals surface area (Å²) in [5, 5.41) is 16.0. The highest BCUT2D eigenvalue weighted by Gasteiger charge is 2.35. The number of aryl methyl sites for hydroxylation is 2. The van der Waals surface area contributed by atoms with Gasteiger partial charge in [0.15, 0.2) is 0 Å². The van der Waals surface area contributed by atoms with Crippen LogP contribution < -0.4 is 10.3 Å². The number of nitrogens with one attached hydrogen (secondary N) is 1. The molecular formula is C109H123ClF6N8O2. The zero-order valence-electron chi connectivity index (χ0n) is 78.3. The Balaban J connectivity index is 0.000000163. The van der Waals surface area contributed by atoms with Crippen molar-refractivity contribution in [2.24, 2.45) is 0 Å². The summed E-state index contributed by atoms with van der Waals surface area (Å²) in [5.41, 5.74) is 11.1. The lowest BCUT2D eigenvalue weighted by atomic mass is 9.83. The second-order valence-electron chi connectivity index (χ2n) is 40.1. The third-order valence-electron chi connectivity index (χ3n) is 21.8. The molecule has 0 spiro atoms. The molecule has 0 aliphatic rings. The fraction of sp³-hybridized carbons (Fsp3) is 0.339. The molecule has 0 aliphatic heterocycles. The van der Waals surface area contributed by atoms with Crippen LogP contribution in [0.3, 0.4) is 0 Å². The van der Waals surface area contributed by atoms with Gasteiger partial charge in [-0.25, -0.2) is 13.2 Å². The molecule has 126 heavy (non-hydrogen) atoms. The molecule has 1 N–H and O–H groups in total. The summed E-state index contributed by atoms with van der Waals surface area (Å²) in [6.45, 7) is 55.4. The highest BCUT2D eigenvalue weighted by atomic mass is 35.5. The Morgan fingerprint density at radius 2 is 0.651 bits per heavy atom. The molecule has 0 saturated carbocycles. The number of halogens is 7. The molecular weight excluding hydrogens is 1600 g/mol.